The van der Waals surface area contributed by atoms with Crippen molar-refractivity contribution in [2.24, 2.45) is 13.0 Å². The summed E-state index contributed by atoms with van der Waals surface area (Å²) in [7, 11) is 1.80. The molecular weight excluding hydrogens is 403 g/mol. The van der Waals surface area contributed by atoms with E-state index in [1.54, 1.807) is 35.1 Å². The SMILES string of the molecule is Cn1cc(-c2cc(C(=O)N3CCCC(C4CC(=O)c5cc(F)ccc5O4)C3)on2)cn1. The number of benzene rings is 1. The summed E-state index contributed by atoms with van der Waals surface area (Å²) >= 11 is 0. The molecule has 5 rings (SSSR count). The Morgan fingerprint density at radius 1 is 1.29 bits per heavy atom. The van der Waals surface area contributed by atoms with E-state index in [0.717, 1.165) is 18.4 Å². The molecule has 0 saturated carbocycles. The number of fused-ring (bicyclic) bond motifs is 1. The summed E-state index contributed by atoms with van der Waals surface area (Å²) in [5, 5.41) is 8.09. The monoisotopic (exact) mass is 424 g/mol. The number of nitrogens with zero attached hydrogens (tertiary/aromatic N) is 4. The lowest BCUT2D eigenvalue weighted by atomic mass is 9.86. The van der Waals surface area contributed by atoms with Crippen LogP contribution in [-0.4, -0.2) is 50.7 Å². The third-order valence-corrected chi connectivity index (χ3v) is 5.90. The van der Waals surface area contributed by atoms with E-state index in [0.29, 0.717) is 24.5 Å². The van der Waals surface area contributed by atoms with Gasteiger partial charge in [0.25, 0.3) is 5.91 Å². The van der Waals surface area contributed by atoms with Crippen LogP contribution in [-0.2, 0) is 7.05 Å². The van der Waals surface area contributed by atoms with Crippen molar-refractivity contribution in [2.75, 3.05) is 13.1 Å². The number of carbonyl (C=O) groups excluding carboxylic acids is 2. The number of aromatic nitrogens is 3. The van der Waals surface area contributed by atoms with Gasteiger partial charge in [0.1, 0.15) is 23.4 Å². The highest BCUT2D eigenvalue weighted by Gasteiger charge is 2.36. The first kappa shape index (κ1) is 19.5. The number of hydrogen-bond acceptors (Lipinski definition) is 6. The van der Waals surface area contributed by atoms with E-state index in [4.69, 9.17) is 9.26 Å². The van der Waals surface area contributed by atoms with Crippen LogP contribution in [0, 0.1) is 11.7 Å². The first-order valence-electron chi connectivity index (χ1n) is 10.2. The standard InChI is InChI=1S/C22H21FN4O4/c1-26-11-14(10-24-26)17-8-21(31-25-17)22(29)27-6-2-3-13(12-27)20-9-18(28)16-7-15(23)4-5-19(16)30-20/h4-5,7-8,10-11,13,20H,2-3,6,9,12H2,1H3. The first-order valence-corrected chi connectivity index (χ1v) is 10.2. The minimum absolute atomic E-state index is 0.000526. The summed E-state index contributed by atoms with van der Waals surface area (Å²) < 4.78 is 26.4. The Balaban J connectivity index is 1.29. The zero-order valence-electron chi connectivity index (χ0n) is 17.0. The average Bonchev–Trinajstić information content (AvgIpc) is 3.43. The lowest BCUT2D eigenvalue weighted by Gasteiger charge is -2.38. The Kier molecular flexibility index (Phi) is 4.80. The average molecular weight is 424 g/mol. The first-order chi connectivity index (χ1) is 15.0. The number of piperidine rings is 1. The van der Waals surface area contributed by atoms with Crippen molar-refractivity contribution in [1.29, 1.82) is 0 Å². The van der Waals surface area contributed by atoms with Crippen LogP contribution in [0.2, 0.25) is 0 Å². The Morgan fingerprint density at radius 2 is 2.16 bits per heavy atom. The molecule has 1 aromatic carbocycles. The molecule has 2 atom stereocenters. The second-order valence-electron chi connectivity index (χ2n) is 8.06. The smallest absolute Gasteiger partial charge is 0.292 e. The van der Waals surface area contributed by atoms with Crippen molar-refractivity contribution in [3.05, 3.63) is 53.8 Å². The van der Waals surface area contributed by atoms with Crippen LogP contribution in [0.4, 0.5) is 4.39 Å². The summed E-state index contributed by atoms with van der Waals surface area (Å²) in [6.45, 7) is 1.05. The Morgan fingerprint density at radius 3 is 2.97 bits per heavy atom. The third-order valence-electron chi connectivity index (χ3n) is 5.90. The predicted molar refractivity (Wildman–Crippen MR) is 107 cm³/mol. The third kappa shape index (κ3) is 3.71. The number of halogens is 1. The Hall–Kier alpha value is -3.49. The lowest BCUT2D eigenvalue weighted by Crippen LogP contribution is -2.46. The molecule has 2 aliphatic heterocycles. The number of rotatable bonds is 3. The van der Waals surface area contributed by atoms with E-state index < -0.39 is 5.82 Å². The van der Waals surface area contributed by atoms with Gasteiger partial charge in [0.05, 0.1) is 11.8 Å². The van der Waals surface area contributed by atoms with Crippen LogP contribution in [0.25, 0.3) is 11.3 Å². The zero-order valence-corrected chi connectivity index (χ0v) is 17.0. The molecule has 2 unspecified atom stereocenters. The van der Waals surface area contributed by atoms with E-state index in [9.17, 15) is 14.0 Å². The van der Waals surface area contributed by atoms with Gasteiger partial charge in [-0.3, -0.25) is 14.3 Å². The maximum atomic E-state index is 13.5. The van der Waals surface area contributed by atoms with Crippen molar-refractivity contribution in [2.45, 2.75) is 25.4 Å². The topological polar surface area (TPSA) is 90.5 Å². The maximum absolute atomic E-state index is 13.5. The highest BCUT2D eigenvalue weighted by molar-refractivity contribution is 6.00. The fourth-order valence-corrected chi connectivity index (χ4v) is 4.30. The summed E-state index contributed by atoms with van der Waals surface area (Å²) in [5.41, 5.74) is 1.60. The number of hydrogen-bond donors (Lipinski definition) is 0. The van der Waals surface area contributed by atoms with E-state index in [2.05, 4.69) is 10.3 Å². The van der Waals surface area contributed by atoms with Gasteiger partial charge in [0, 0.05) is 50.3 Å². The summed E-state index contributed by atoms with van der Waals surface area (Å²) in [4.78, 5) is 27.2. The van der Waals surface area contributed by atoms with Gasteiger partial charge >= 0.3 is 0 Å². The highest BCUT2D eigenvalue weighted by atomic mass is 19.1. The van der Waals surface area contributed by atoms with Gasteiger partial charge in [0.2, 0.25) is 5.76 Å². The molecule has 0 N–H and O–H groups in total. The fourth-order valence-electron chi connectivity index (χ4n) is 4.30. The van der Waals surface area contributed by atoms with E-state index >= 15 is 0 Å². The van der Waals surface area contributed by atoms with Crippen molar-refractivity contribution in [3.8, 4) is 17.0 Å². The van der Waals surface area contributed by atoms with Gasteiger partial charge in [0.15, 0.2) is 5.78 Å². The molecule has 9 heteroatoms. The second-order valence-corrected chi connectivity index (χ2v) is 8.06. The molecule has 0 bridgehead atoms. The highest BCUT2D eigenvalue weighted by Crippen LogP contribution is 2.34. The number of ketones is 1. The molecule has 1 saturated heterocycles. The van der Waals surface area contributed by atoms with Crippen LogP contribution in [0.5, 0.6) is 5.75 Å². The Labute approximate surface area is 177 Å². The minimum atomic E-state index is -0.457. The van der Waals surface area contributed by atoms with Crippen molar-refractivity contribution >= 4 is 11.7 Å². The molecule has 2 aromatic heterocycles. The molecule has 2 aliphatic rings. The van der Waals surface area contributed by atoms with Gasteiger partial charge in [-0.2, -0.15) is 5.10 Å². The number of Topliss-reactive ketones (excluding diaryl/α,β-unsaturated/α-hetero) is 1. The molecule has 4 heterocycles. The number of carbonyl (C=O) groups is 2. The maximum Gasteiger partial charge on any atom is 0.292 e. The molecule has 1 amide bonds. The van der Waals surface area contributed by atoms with Crippen LogP contribution in [0.1, 0.15) is 40.2 Å². The van der Waals surface area contributed by atoms with E-state index in [1.807, 2.05) is 0 Å². The largest absolute Gasteiger partial charge is 0.489 e. The fraction of sp³-hybridized carbons (Fsp3) is 0.364. The number of ether oxygens (including phenoxy) is 1. The van der Waals surface area contributed by atoms with Gasteiger partial charge < -0.3 is 14.2 Å². The van der Waals surface area contributed by atoms with Crippen molar-refractivity contribution in [3.63, 3.8) is 0 Å². The number of amides is 1. The molecule has 160 valence electrons. The molecule has 1 fully saturated rings. The molecule has 0 spiro atoms. The van der Waals surface area contributed by atoms with Crippen molar-refractivity contribution in [1.82, 2.24) is 19.8 Å². The molecule has 0 aliphatic carbocycles. The summed E-state index contributed by atoms with van der Waals surface area (Å²) in [6.07, 6.45) is 4.92. The van der Waals surface area contributed by atoms with Gasteiger partial charge in [-0.1, -0.05) is 5.16 Å². The minimum Gasteiger partial charge on any atom is -0.489 e. The van der Waals surface area contributed by atoms with Crippen molar-refractivity contribution < 1.29 is 23.2 Å². The molecule has 31 heavy (non-hydrogen) atoms. The van der Waals surface area contributed by atoms with Gasteiger partial charge in [-0.05, 0) is 31.0 Å². The molecule has 3 aromatic rings. The predicted octanol–water partition coefficient (Wildman–Crippen LogP) is 3.10. The van der Waals surface area contributed by atoms with Crippen LogP contribution in [0.3, 0.4) is 0 Å². The van der Waals surface area contributed by atoms with Crippen LogP contribution < -0.4 is 4.74 Å². The number of aryl methyl sites for hydroxylation is 1. The summed E-state index contributed by atoms with van der Waals surface area (Å²) in [6, 6.07) is 5.62. The van der Waals surface area contributed by atoms with Gasteiger partial charge in [-0.15, -0.1) is 0 Å². The molecular formula is C22H21FN4O4. The second kappa shape index (κ2) is 7.64. The van der Waals surface area contributed by atoms with Crippen LogP contribution in [0.15, 0.2) is 41.2 Å². The normalized spacial score (nSPS) is 21.0. The van der Waals surface area contributed by atoms with Gasteiger partial charge in [-0.25, -0.2) is 4.39 Å². The number of likely N-dealkylation sites (tertiary alicyclic amines) is 1. The quantitative estimate of drug-likeness (QED) is 0.642. The Bertz CT molecular complexity index is 1150. The lowest BCUT2D eigenvalue weighted by molar-refractivity contribution is 0.0386. The zero-order chi connectivity index (χ0) is 21.5. The molecule has 8 nitrogen and oxygen atoms in total. The van der Waals surface area contributed by atoms with E-state index in [1.165, 1.54) is 18.2 Å². The van der Waals surface area contributed by atoms with E-state index in [-0.39, 0.29) is 41.5 Å². The summed E-state index contributed by atoms with van der Waals surface area (Å²) in [5.74, 6) is -0.257. The molecule has 0 radical (unpaired) electrons. The van der Waals surface area contributed by atoms with Crippen LogP contribution >= 0.6 is 0 Å².